The van der Waals surface area contributed by atoms with Gasteiger partial charge in [-0.2, -0.15) is 0 Å². The van der Waals surface area contributed by atoms with Crippen LogP contribution in [0.1, 0.15) is 24.8 Å². The van der Waals surface area contributed by atoms with Gasteiger partial charge in [-0.25, -0.2) is 0 Å². The fourth-order valence-electron chi connectivity index (χ4n) is 2.35. The van der Waals surface area contributed by atoms with Crippen molar-refractivity contribution in [2.45, 2.75) is 31.7 Å². The topological polar surface area (TPSA) is 53.2 Å². The molecule has 0 saturated carbocycles. The summed E-state index contributed by atoms with van der Waals surface area (Å²) in [5.41, 5.74) is 2.16. The molecule has 0 aromatic heterocycles. The van der Waals surface area contributed by atoms with Crippen LogP contribution in [0.15, 0.2) is 24.3 Å². The van der Waals surface area contributed by atoms with E-state index in [1.54, 1.807) is 7.05 Å². The highest BCUT2D eigenvalue weighted by atomic mass is 16.1. The standard InChI is InChI=1S/C15H23N3O/c1-16-15(19)10-12-5-7-13(8-6-12)18-11-14-4-2-3-9-17-14/h5-8,14,17-18H,2-4,9-11H2,1H3,(H,16,19). The summed E-state index contributed by atoms with van der Waals surface area (Å²) < 4.78 is 0. The number of amides is 1. The second-order valence-electron chi connectivity index (χ2n) is 5.07. The Balaban J connectivity index is 1.79. The minimum absolute atomic E-state index is 0.0483. The van der Waals surface area contributed by atoms with Crippen LogP contribution in [-0.2, 0) is 11.2 Å². The number of hydrogen-bond donors (Lipinski definition) is 3. The Bertz CT molecular complexity index is 396. The maximum Gasteiger partial charge on any atom is 0.224 e. The molecule has 0 aliphatic carbocycles. The molecule has 1 heterocycles. The Hall–Kier alpha value is -1.55. The summed E-state index contributed by atoms with van der Waals surface area (Å²) in [4.78, 5) is 11.3. The van der Waals surface area contributed by atoms with Gasteiger partial charge in [0.15, 0.2) is 0 Å². The van der Waals surface area contributed by atoms with Crippen molar-refractivity contribution in [1.29, 1.82) is 0 Å². The largest absolute Gasteiger partial charge is 0.383 e. The van der Waals surface area contributed by atoms with Crippen molar-refractivity contribution in [3.63, 3.8) is 0 Å². The Kier molecular flexibility index (Phi) is 5.21. The summed E-state index contributed by atoms with van der Waals surface area (Å²) in [5, 5.41) is 9.60. The van der Waals surface area contributed by atoms with Gasteiger partial charge in [-0.3, -0.25) is 4.79 Å². The van der Waals surface area contributed by atoms with Crippen molar-refractivity contribution < 1.29 is 4.79 Å². The van der Waals surface area contributed by atoms with Crippen LogP contribution in [0.2, 0.25) is 0 Å². The fourth-order valence-corrected chi connectivity index (χ4v) is 2.35. The predicted molar refractivity (Wildman–Crippen MR) is 78.3 cm³/mol. The Morgan fingerprint density at radius 2 is 2.11 bits per heavy atom. The number of anilines is 1. The third-order valence-electron chi connectivity index (χ3n) is 3.56. The minimum Gasteiger partial charge on any atom is -0.383 e. The van der Waals surface area contributed by atoms with Crippen LogP contribution in [0.5, 0.6) is 0 Å². The van der Waals surface area contributed by atoms with Crippen LogP contribution in [0.4, 0.5) is 5.69 Å². The summed E-state index contributed by atoms with van der Waals surface area (Å²) in [6.45, 7) is 2.10. The lowest BCUT2D eigenvalue weighted by atomic mass is 10.0. The molecule has 2 rings (SSSR count). The van der Waals surface area contributed by atoms with Crippen LogP contribution in [-0.4, -0.2) is 32.1 Å². The second-order valence-corrected chi connectivity index (χ2v) is 5.07. The maximum atomic E-state index is 11.3. The van der Waals surface area contributed by atoms with E-state index in [0.717, 1.165) is 24.3 Å². The molecule has 1 aromatic carbocycles. The predicted octanol–water partition coefficient (Wildman–Crippen LogP) is 1.53. The van der Waals surface area contributed by atoms with Crippen molar-refractivity contribution in [1.82, 2.24) is 10.6 Å². The third-order valence-corrected chi connectivity index (χ3v) is 3.56. The van der Waals surface area contributed by atoms with Gasteiger partial charge in [0.05, 0.1) is 6.42 Å². The number of nitrogens with one attached hydrogen (secondary N) is 3. The average Bonchev–Trinajstić information content (AvgIpc) is 2.47. The van der Waals surface area contributed by atoms with Gasteiger partial charge in [-0.15, -0.1) is 0 Å². The summed E-state index contributed by atoms with van der Waals surface area (Å²) in [7, 11) is 1.66. The zero-order valence-corrected chi connectivity index (χ0v) is 11.5. The van der Waals surface area contributed by atoms with Gasteiger partial charge in [0, 0.05) is 25.3 Å². The molecule has 3 N–H and O–H groups in total. The Labute approximate surface area is 115 Å². The van der Waals surface area contributed by atoms with Crippen LogP contribution in [0.25, 0.3) is 0 Å². The molecule has 1 aliphatic heterocycles. The maximum absolute atomic E-state index is 11.3. The molecule has 1 saturated heterocycles. The quantitative estimate of drug-likeness (QED) is 0.753. The lowest BCUT2D eigenvalue weighted by molar-refractivity contribution is -0.119. The number of rotatable bonds is 5. The van der Waals surface area contributed by atoms with E-state index in [-0.39, 0.29) is 5.91 Å². The van der Waals surface area contributed by atoms with Crippen molar-refractivity contribution >= 4 is 11.6 Å². The Morgan fingerprint density at radius 3 is 2.74 bits per heavy atom. The number of carbonyl (C=O) groups excluding carboxylic acids is 1. The first-order valence-corrected chi connectivity index (χ1v) is 7.04. The van der Waals surface area contributed by atoms with Gasteiger partial charge in [-0.05, 0) is 37.1 Å². The van der Waals surface area contributed by atoms with Gasteiger partial charge in [0.1, 0.15) is 0 Å². The summed E-state index contributed by atoms with van der Waals surface area (Å²) in [6, 6.07) is 8.68. The number of carbonyl (C=O) groups is 1. The zero-order valence-electron chi connectivity index (χ0n) is 11.5. The van der Waals surface area contributed by atoms with E-state index in [1.807, 2.05) is 24.3 Å². The molecule has 19 heavy (non-hydrogen) atoms. The van der Waals surface area contributed by atoms with E-state index in [2.05, 4.69) is 16.0 Å². The molecule has 1 aromatic rings. The highest BCUT2D eigenvalue weighted by Gasteiger charge is 2.11. The molecule has 0 spiro atoms. The van der Waals surface area contributed by atoms with E-state index in [4.69, 9.17) is 0 Å². The van der Waals surface area contributed by atoms with Gasteiger partial charge < -0.3 is 16.0 Å². The van der Waals surface area contributed by atoms with Crippen molar-refractivity contribution in [2.75, 3.05) is 25.5 Å². The average molecular weight is 261 g/mol. The SMILES string of the molecule is CNC(=O)Cc1ccc(NCC2CCCCN2)cc1. The molecule has 1 amide bonds. The van der Waals surface area contributed by atoms with Gasteiger partial charge in [0.2, 0.25) is 5.91 Å². The number of hydrogen-bond acceptors (Lipinski definition) is 3. The third kappa shape index (κ3) is 4.56. The minimum atomic E-state index is 0.0483. The summed E-state index contributed by atoms with van der Waals surface area (Å²) in [5.74, 6) is 0.0483. The van der Waals surface area contributed by atoms with E-state index in [1.165, 1.54) is 19.3 Å². The highest BCUT2D eigenvalue weighted by Crippen LogP contribution is 2.12. The first kappa shape index (κ1) is 13.9. The monoisotopic (exact) mass is 261 g/mol. The smallest absolute Gasteiger partial charge is 0.224 e. The molecule has 1 unspecified atom stereocenters. The molecule has 1 aliphatic rings. The number of benzene rings is 1. The molecule has 104 valence electrons. The van der Waals surface area contributed by atoms with E-state index < -0.39 is 0 Å². The molecule has 1 fully saturated rings. The molecule has 0 radical (unpaired) electrons. The van der Waals surface area contributed by atoms with Crippen LogP contribution in [0, 0.1) is 0 Å². The van der Waals surface area contributed by atoms with Crippen molar-refractivity contribution in [3.05, 3.63) is 29.8 Å². The van der Waals surface area contributed by atoms with Crippen LogP contribution in [0.3, 0.4) is 0 Å². The van der Waals surface area contributed by atoms with Gasteiger partial charge >= 0.3 is 0 Å². The lowest BCUT2D eigenvalue weighted by Gasteiger charge is -2.24. The highest BCUT2D eigenvalue weighted by molar-refractivity contribution is 5.78. The first-order chi connectivity index (χ1) is 9.28. The molecular weight excluding hydrogens is 238 g/mol. The van der Waals surface area contributed by atoms with Crippen LogP contribution < -0.4 is 16.0 Å². The second kappa shape index (κ2) is 7.14. The molecule has 4 heteroatoms. The van der Waals surface area contributed by atoms with Gasteiger partial charge in [-0.1, -0.05) is 18.6 Å². The molecule has 0 bridgehead atoms. The van der Waals surface area contributed by atoms with Crippen molar-refractivity contribution in [3.8, 4) is 0 Å². The van der Waals surface area contributed by atoms with Crippen LogP contribution >= 0.6 is 0 Å². The van der Waals surface area contributed by atoms with E-state index in [9.17, 15) is 4.79 Å². The first-order valence-electron chi connectivity index (χ1n) is 7.04. The lowest BCUT2D eigenvalue weighted by Crippen LogP contribution is -2.39. The van der Waals surface area contributed by atoms with E-state index >= 15 is 0 Å². The fraction of sp³-hybridized carbons (Fsp3) is 0.533. The molecule has 1 atom stereocenters. The normalized spacial score (nSPS) is 18.9. The zero-order chi connectivity index (χ0) is 13.5. The summed E-state index contributed by atoms with van der Waals surface area (Å²) in [6.07, 6.45) is 4.32. The number of likely N-dealkylation sites (N-methyl/N-ethyl adjacent to an activating group) is 1. The Morgan fingerprint density at radius 1 is 1.32 bits per heavy atom. The molecular formula is C15H23N3O. The molecule has 4 nitrogen and oxygen atoms in total. The van der Waals surface area contributed by atoms with Gasteiger partial charge in [0.25, 0.3) is 0 Å². The van der Waals surface area contributed by atoms with Crippen molar-refractivity contribution in [2.24, 2.45) is 0 Å². The summed E-state index contributed by atoms with van der Waals surface area (Å²) >= 11 is 0. The van der Waals surface area contributed by atoms with E-state index in [0.29, 0.717) is 12.5 Å². The number of piperidine rings is 1.